The molecule has 3 rings (SSSR count). The van der Waals surface area contributed by atoms with Gasteiger partial charge >= 0.3 is 0 Å². The van der Waals surface area contributed by atoms with E-state index in [9.17, 15) is 14.4 Å². The zero-order valence-electron chi connectivity index (χ0n) is 15.3. The van der Waals surface area contributed by atoms with Crippen molar-refractivity contribution in [2.75, 3.05) is 32.7 Å². The average Bonchev–Trinajstić information content (AvgIpc) is 2.70. The molecule has 2 saturated heterocycles. The summed E-state index contributed by atoms with van der Waals surface area (Å²) in [6.45, 7) is 6.21. The monoisotopic (exact) mass is 389 g/mol. The molecule has 2 aliphatic heterocycles. The summed E-state index contributed by atoms with van der Waals surface area (Å²) < 4.78 is 0. The molecule has 2 heterocycles. The van der Waals surface area contributed by atoms with Gasteiger partial charge in [0.05, 0.1) is 12.5 Å². The topological polar surface area (TPSA) is 60.9 Å². The van der Waals surface area contributed by atoms with Crippen LogP contribution in [0.5, 0.6) is 0 Å². The number of nitrogens with zero attached hydrogens (tertiary/aromatic N) is 3. The van der Waals surface area contributed by atoms with Gasteiger partial charge in [0.2, 0.25) is 17.7 Å². The van der Waals surface area contributed by atoms with E-state index in [-0.39, 0.29) is 30.2 Å². The zero-order valence-corrected chi connectivity index (χ0v) is 16.0. The predicted octanol–water partition coefficient (Wildman–Crippen LogP) is 1.94. The molecule has 27 heavy (non-hydrogen) atoms. The number of amides is 3. The van der Waals surface area contributed by atoms with Gasteiger partial charge in [0, 0.05) is 37.7 Å². The molecule has 0 N–H and O–H groups in total. The molecule has 2 fully saturated rings. The van der Waals surface area contributed by atoms with Crippen molar-refractivity contribution in [1.82, 2.24) is 14.7 Å². The average molecular weight is 390 g/mol. The van der Waals surface area contributed by atoms with Gasteiger partial charge in [-0.1, -0.05) is 30.3 Å². The summed E-state index contributed by atoms with van der Waals surface area (Å²) in [6.07, 6.45) is 2.82. The molecule has 3 amide bonds. The molecule has 0 saturated carbocycles. The predicted molar refractivity (Wildman–Crippen MR) is 103 cm³/mol. The van der Waals surface area contributed by atoms with Crippen molar-refractivity contribution in [1.29, 1.82) is 0 Å². The molecule has 0 spiro atoms. The minimum atomic E-state index is -0.238. The summed E-state index contributed by atoms with van der Waals surface area (Å²) in [7, 11) is 0. The lowest BCUT2D eigenvalue weighted by atomic mass is 9.96. The minimum Gasteiger partial charge on any atom is -0.338 e. The van der Waals surface area contributed by atoms with E-state index in [1.165, 1.54) is 6.08 Å². The van der Waals surface area contributed by atoms with E-state index >= 15 is 0 Å². The maximum atomic E-state index is 12.8. The van der Waals surface area contributed by atoms with Gasteiger partial charge in [0.1, 0.15) is 0 Å². The molecule has 0 aliphatic carbocycles. The maximum Gasteiger partial charge on any atom is 0.245 e. The van der Waals surface area contributed by atoms with Crippen molar-refractivity contribution in [2.24, 2.45) is 5.92 Å². The highest BCUT2D eigenvalue weighted by atomic mass is 35.5. The molecule has 6 nitrogen and oxygen atoms in total. The van der Waals surface area contributed by atoms with Crippen LogP contribution < -0.4 is 0 Å². The first kappa shape index (κ1) is 19.4. The third-order valence-electron chi connectivity index (χ3n) is 5.17. The van der Waals surface area contributed by atoms with Crippen LogP contribution in [0.25, 0.3) is 0 Å². The van der Waals surface area contributed by atoms with Crippen LogP contribution in [-0.2, 0) is 20.9 Å². The smallest absolute Gasteiger partial charge is 0.245 e. The summed E-state index contributed by atoms with van der Waals surface area (Å²) in [5.74, 6) is -0.468. The van der Waals surface area contributed by atoms with Gasteiger partial charge in [0.25, 0.3) is 0 Å². The van der Waals surface area contributed by atoms with Gasteiger partial charge < -0.3 is 14.7 Å². The fraction of sp³-hybridized carbons (Fsp3) is 0.450. The Balaban J connectivity index is 1.56. The molecule has 144 valence electrons. The largest absolute Gasteiger partial charge is 0.338 e. The van der Waals surface area contributed by atoms with Crippen molar-refractivity contribution in [3.05, 3.63) is 47.5 Å². The Labute approximate surface area is 164 Å². The quantitative estimate of drug-likeness (QED) is 0.739. The summed E-state index contributed by atoms with van der Waals surface area (Å²) in [4.78, 5) is 42.2. The molecular formula is C20H24ClN3O3. The number of hydrogen-bond donors (Lipinski definition) is 0. The van der Waals surface area contributed by atoms with E-state index in [2.05, 4.69) is 6.58 Å². The first-order valence-corrected chi connectivity index (χ1v) is 9.58. The molecule has 1 aromatic carbocycles. The Hall–Kier alpha value is -2.34. The van der Waals surface area contributed by atoms with Crippen LogP contribution in [0.2, 0.25) is 5.02 Å². The number of likely N-dealkylation sites (tertiary alicyclic amines) is 1. The highest BCUT2D eigenvalue weighted by molar-refractivity contribution is 6.30. The number of carbonyl (C=O) groups is 3. The van der Waals surface area contributed by atoms with E-state index in [4.69, 9.17) is 11.6 Å². The highest BCUT2D eigenvalue weighted by Gasteiger charge is 2.34. The summed E-state index contributed by atoms with van der Waals surface area (Å²) in [6, 6.07) is 7.42. The number of piperazine rings is 1. The highest BCUT2D eigenvalue weighted by Crippen LogP contribution is 2.21. The van der Waals surface area contributed by atoms with Gasteiger partial charge in [-0.3, -0.25) is 14.4 Å². The Morgan fingerprint density at radius 3 is 2.56 bits per heavy atom. The van der Waals surface area contributed by atoms with Crippen LogP contribution in [0.15, 0.2) is 36.9 Å². The molecular weight excluding hydrogens is 366 g/mol. The fourth-order valence-electron chi connectivity index (χ4n) is 3.64. The molecule has 1 unspecified atom stereocenters. The zero-order chi connectivity index (χ0) is 19.4. The second kappa shape index (κ2) is 8.57. The Morgan fingerprint density at radius 1 is 1.15 bits per heavy atom. The van der Waals surface area contributed by atoms with E-state index in [0.717, 1.165) is 18.4 Å². The van der Waals surface area contributed by atoms with Crippen LogP contribution in [-0.4, -0.2) is 65.1 Å². The molecule has 0 aromatic heterocycles. The van der Waals surface area contributed by atoms with Crippen LogP contribution >= 0.6 is 11.6 Å². The number of carbonyl (C=O) groups excluding carboxylic acids is 3. The molecule has 0 bridgehead atoms. The second-order valence-electron chi connectivity index (χ2n) is 7.03. The SMILES string of the molecule is C=CC(=O)N1CCCC(C(=O)N2CCN(Cc3ccc(Cl)cc3)C(=O)C2)C1. The van der Waals surface area contributed by atoms with E-state index < -0.39 is 0 Å². The van der Waals surface area contributed by atoms with Crippen molar-refractivity contribution in [3.8, 4) is 0 Å². The molecule has 1 atom stereocenters. The lowest BCUT2D eigenvalue weighted by molar-refractivity contribution is -0.149. The molecule has 0 radical (unpaired) electrons. The first-order valence-electron chi connectivity index (χ1n) is 9.20. The third kappa shape index (κ3) is 4.69. The van der Waals surface area contributed by atoms with Gasteiger partial charge in [0.15, 0.2) is 0 Å². The number of rotatable bonds is 4. The van der Waals surface area contributed by atoms with Gasteiger partial charge in [-0.05, 0) is 36.6 Å². The maximum absolute atomic E-state index is 12.8. The van der Waals surface area contributed by atoms with Gasteiger partial charge in [-0.2, -0.15) is 0 Å². The Morgan fingerprint density at radius 2 is 1.89 bits per heavy atom. The number of hydrogen-bond acceptors (Lipinski definition) is 3. The van der Waals surface area contributed by atoms with Crippen LogP contribution in [0.1, 0.15) is 18.4 Å². The number of halogens is 1. The van der Waals surface area contributed by atoms with Crippen molar-refractivity contribution >= 4 is 29.3 Å². The van der Waals surface area contributed by atoms with Crippen LogP contribution in [0, 0.1) is 5.92 Å². The standard InChI is InChI=1S/C20H24ClN3O3/c1-2-18(25)22-9-3-4-16(13-22)20(27)24-11-10-23(19(26)14-24)12-15-5-7-17(21)8-6-15/h2,5-8,16H,1,3-4,9-14H2. The van der Waals surface area contributed by atoms with E-state index in [1.54, 1.807) is 26.8 Å². The summed E-state index contributed by atoms with van der Waals surface area (Å²) in [5.41, 5.74) is 1.01. The van der Waals surface area contributed by atoms with Gasteiger partial charge in [-0.15, -0.1) is 0 Å². The first-order chi connectivity index (χ1) is 13.0. The van der Waals surface area contributed by atoms with E-state index in [1.807, 2.05) is 12.1 Å². The summed E-state index contributed by atoms with van der Waals surface area (Å²) in [5, 5.41) is 0.664. The van der Waals surface area contributed by atoms with Crippen molar-refractivity contribution < 1.29 is 14.4 Å². The van der Waals surface area contributed by atoms with Crippen LogP contribution in [0.3, 0.4) is 0 Å². The van der Waals surface area contributed by atoms with Crippen LogP contribution in [0.4, 0.5) is 0 Å². The molecule has 2 aliphatic rings. The summed E-state index contributed by atoms with van der Waals surface area (Å²) >= 11 is 5.90. The molecule has 1 aromatic rings. The minimum absolute atomic E-state index is 0.0314. The Kier molecular flexibility index (Phi) is 6.16. The van der Waals surface area contributed by atoms with Crippen molar-refractivity contribution in [3.63, 3.8) is 0 Å². The number of benzene rings is 1. The molecule has 7 heteroatoms. The normalized spacial score (nSPS) is 20.6. The van der Waals surface area contributed by atoms with E-state index in [0.29, 0.717) is 37.7 Å². The lowest BCUT2D eigenvalue weighted by Gasteiger charge is -2.38. The fourth-order valence-corrected chi connectivity index (χ4v) is 3.77. The second-order valence-corrected chi connectivity index (χ2v) is 7.47. The third-order valence-corrected chi connectivity index (χ3v) is 5.43. The van der Waals surface area contributed by atoms with Crippen molar-refractivity contribution in [2.45, 2.75) is 19.4 Å². The lowest BCUT2D eigenvalue weighted by Crippen LogP contribution is -2.55. The van der Waals surface area contributed by atoms with Gasteiger partial charge in [-0.25, -0.2) is 0 Å². The Bertz CT molecular complexity index is 734. The number of piperidine rings is 1.